The zero-order chi connectivity index (χ0) is 16.7. The van der Waals surface area contributed by atoms with Gasteiger partial charge in [-0.3, -0.25) is 9.59 Å². The van der Waals surface area contributed by atoms with Crippen LogP contribution < -0.4 is 5.32 Å². The van der Waals surface area contributed by atoms with Gasteiger partial charge in [0, 0.05) is 22.5 Å². The molecule has 0 radical (unpaired) electrons. The third-order valence-corrected chi connectivity index (χ3v) is 4.93. The van der Waals surface area contributed by atoms with Gasteiger partial charge < -0.3 is 10.4 Å². The third kappa shape index (κ3) is 2.68. The predicted molar refractivity (Wildman–Crippen MR) is 89.2 cm³/mol. The van der Waals surface area contributed by atoms with Crippen LogP contribution in [0.15, 0.2) is 47.6 Å². The van der Waals surface area contributed by atoms with Crippen LogP contribution in [0.5, 0.6) is 0 Å². The van der Waals surface area contributed by atoms with E-state index in [1.807, 2.05) is 26.0 Å². The number of carboxylic acid groups (broad SMARTS) is 1. The second-order valence-electron chi connectivity index (χ2n) is 6.28. The summed E-state index contributed by atoms with van der Waals surface area (Å²) in [5, 5.41) is 13.0. The van der Waals surface area contributed by atoms with Crippen LogP contribution in [0.2, 0.25) is 5.02 Å². The molecule has 2 N–H and O–H groups in total. The third-order valence-electron chi connectivity index (χ3n) is 4.68. The van der Waals surface area contributed by atoms with E-state index in [2.05, 4.69) is 5.32 Å². The highest BCUT2D eigenvalue weighted by Gasteiger charge is 2.54. The zero-order valence-corrected chi connectivity index (χ0v) is 13.7. The monoisotopic (exact) mass is 331 g/mol. The summed E-state index contributed by atoms with van der Waals surface area (Å²) in [5.41, 5.74) is 2.79. The van der Waals surface area contributed by atoms with Gasteiger partial charge in [0.1, 0.15) is 0 Å². The molecule has 3 rings (SSSR count). The Morgan fingerprint density at radius 2 is 1.61 bits per heavy atom. The van der Waals surface area contributed by atoms with E-state index in [4.69, 9.17) is 11.6 Å². The van der Waals surface area contributed by atoms with Crippen molar-refractivity contribution in [1.82, 2.24) is 0 Å². The van der Waals surface area contributed by atoms with Crippen LogP contribution in [0.3, 0.4) is 0 Å². The number of hydrogen-bond donors (Lipinski definition) is 2. The van der Waals surface area contributed by atoms with Gasteiger partial charge in [0.15, 0.2) is 0 Å². The largest absolute Gasteiger partial charge is 0.481 e. The summed E-state index contributed by atoms with van der Waals surface area (Å²) in [6, 6.07) is 6.80. The minimum atomic E-state index is -0.920. The van der Waals surface area contributed by atoms with E-state index in [9.17, 15) is 14.7 Å². The molecule has 0 saturated heterocycles. The van der Waals surface area contributed by atoms with Gasteiger partial charge in [0.2, 0.25) is 5.91 Å². The minimum Gasteiger partial charge on any atom is -0.481 e. The molecule has 120 valence electrons. The van der Waals surface area contributed by atoms with Crippen molar-refractivity contribution in [1.29, 1.82) is 0 Å². The van der Waals surface area contributed by atoms with Crippen molar-refractivity contribution in [2.75, 3.05) is 5.32 Å². The Balaban J connectivity index is 1.89. The van der Waals surface area contributed by atoms with Crippen molar-refractivity contribution in [2.24, 2.45) is 23.7 Å². The fraction of sp³-hybridized carbons (Fsp3) is 0.333. The zero-order valence-electron chi connectivity index (χ0n) is 12.9. The van der Waals surface area contributed by atoms with Crippen molar-refractivity contribution in [3.63, 3.8) is 0 Å². The number of fused-ring (bicyclic) bond motifs is 2. The lowest BCUT2D eigenvalue weighted by molar-refractivity contribution is -0.146. The Morgan fingerprint density at radius 1 is 1.04 bits per heavy atom. The SMILES string of the molecule is CC(C)=C1[C@H]2C=C[C@H]1[C@H](C(=O)Nc1ccc(Cl)cc1)[C@H]2C(=O)O. The Labute approximate surface area is 139 Å². The highest BCUT2D eigenvalue weighted by atomic mass is 35.5. The second kappa shape index (κ2) is 5.85. The summed E-state index contributed by atoms with van der Waals surface area (Å²) < 4.78 is 0. The molecule has 1 saturated carbocycles. The molecule has 0 aromatic heterocycles. The lowest BCUT2D eigenvalue weighted by Crippen LogP contribution is -2.36. The van der Waals surface area contributed by atoms with Crippen LogP contribution in [-0.4, -0.2) is 17.0 Å². The molecule has 0 aliphatic heterocycles. The number of benzene rings is 1. The fourth-order valence-electron chi connectivity index (χ4n) is 3.80. The number of rotatable bonds is 3. The van der Waals surface area contributed by atoms with E-state index in [1.165, 1.54) is 0 Å². The highest BCUT2D eigenvalue weighted by molar-refractivity contribution is 6.30. The summed E-state index contributed by atoms with van der Waals surface area (Å²) >= 11 is 5.84. The van der Waals surface area contributed by atoms with Gasteiger partial charge in [0.25, 0.3) is 0 Å². The van der Waals surface area contributed by atoms with Crippen molar-refractivity contribution < 1.29 is 14.7 Å². The molecular formula is C18H18ClNO3. The number of anilines is 1. The molecule has 0 heterocycles. The Hall–Kier alpha value is -2.07. The van der Waals surface area contributed by atoms with E-state index in [1.54, 1.807) is 24.3 Å². The van der Waals surface area contributed by atoms with Crippen LogP contribution >= 0.6 is 11.6 Å². The molecule has 1 aromatic rings. The normalized spacial score (nSPS) is 28.0. The number of nitrogens with one attached hydrogen (secondary N) is 1. The summed E-state index contributed by atoms with van der Waals surface area (Å²) in [7, 11) is 0. The maximum absolute atomic E-state index is 12.7. The maximum Gasteiger partial charge on any atom is 0.308 e. The standard InChI is InChI=1S/C18H18ClNO3/c1-9(2)14-12-7-8-13(14)16(18(22)23)15(12)17(21)20-11-5-3-10(19)4-6-11/h3-8,12-13,15-16H,1-2H3,(H,20,21)(H,22,23)/t12-,13-,15+,16+/m1/s1. The van der Waals surface area contributed by atoms with Crippen LogP contribution in [0.1, 0.15) is 13.8 Å². The molecule has 2 bridgehead atoms. The van der Waals surface area contributed by atoms with Crippen molar-refractivity contribution in [3.05, 3.63) is 52.6 Å². The minimum absolute atomic E-state index is 0.126. The van der Waals surface area contributed by atoms with Gasteiger partial charge in [-0.2, -0.15) is 0 Å². The lowest BCUT2D eigenvalue weighted by atomic mass is 9.82. The quantitative estimate of drug-likeness (QED) is 0.829. The molecule has 4 nitrogen and oxygen atoms in total. The Morgan fingerprint density at radius 3 is 2.13 bits per heavy atom. The molecule has 1 fully saturated rings. The first-order valence-corrected chi connectivity index (χ1v) is 7.92. The van der Waals surface area contributed by atoms with E-state index in [0.29, 0.717) is 10.7 Å². The first-order chi connectivity index (χ1) is 10.9. The number of carboxylic acids is 1. The van der Waals surface area contributed by atoms with Crippen LogP contribution in [0.4, 0.5) is 5.69 Å². The molecule has 2 aliphatic carbocycles. The first kappa shape index (κ1) is 15.8. The highest BCUT2D eigenvalue weighted by Crippen LogP contribution is 2.53. The number of allylic oxidation sites excluding steroid dienone is 4. The first-order valence-electron chi connectivity index (χ1n) is 7.55. The van der Waals surface area contributed by atoms with E-state index in [0.717, 1.165) is 11.1 Å². The Bertz CT molecular complexity index is 716. The maximum atomic E-state index is 12.7. The average Bonchev–Trinajstić information content (AvgIpc) is 3.05. The Kier molecular flexibility index (Phi) is 4.02. The molecular weight excluding hydrogens is 314 g/mol. The molecule has 0 unspecified atom stereocenters. The number of hydrogen-bond acceptors (Lipinski definition) is 2. The smallest absolute Gasteiger partial charge is 0.308 e. The fourth-order valence-corrected chi connectivity index (χ4v) is 3.93. The van der Waals surface area contributed by atoms with Crippen molar-refractivity contribution in [2.45, 2.75) is 13.8 Å². The molecule has 2 aliphatic rings. The van der Waals surface area contributed by atoms with Crippen LogP contribution in [0, 0.1) is 23.7 Å². The summed E-state index contributed by atoms with van der Waals surface area (Å²) in [5.74, 6) is -2.76. The second-order valence-corrected chi connectivity index (χ2v) is 6.71. The number of aliphatic carboxylic acids is 1. The topological polar surface area (TPSA) is 66.4 Å². The van der Waals surface area contributed by atoms with Crippen LogP contribution in [-0.2, 0) is 9.59 Å². The number of carbonyl (C=O) groups excluding carboxylic acids is 1. The number of amides is 1. The van der Waals surface area contributed by atoms with E-state index >= 15 is 0 Å². The molecule has 23 heavy (non-hydrogen) atoms. The lowest BCUT2D eigenvalue weighted by Gasteiger charge is -2.23. The van der Waals surface area contributed by atoms with Gasteiger partial charge in [-0.25, -0.2) is 0 Å². The average molecular weight is 332 g/mol. The number of halogens is 1. The molecule has 1 aromatic carbocycles. The molecule has 0 spiro atoms. The van der Waals surface area contributed by atoms with E-state index in [-0.39, 0.29) is 17.7 Å². The molecule has 1 amide bonds. The molecule has 5 heteroatoms. The van der Waals surface area contributed by atoms with Gasteiger partial charge in [-0.1, -0.05) is 34.9 Å². The van der Waals surface area contributed by atoms with Gasteiger partial charge >= 0.3 is 5.97 Å². The van der Waals surface area contributed by atoms with Gasteiger partial charge in [-0.15, -0.1) is 0 Å². The van der Waals surface area contributed by atoms with Crippen LogP contribution in [0.25, 0.3) is 0 Å². The summed E-state index contributed by atoms with van der Waals surface area (Å²) in [6.45, 7) is 3.95. The summed E-state index contributed by atoms with van der Waals surface area (Å²) in [4.78, 5) is 24.4. The predicted octanol–water partition coefficient (Wildman–Crippen LogP) is 3.75. The number of carbonyl (C=O) groups is 2. The van der Waals surface area contributed by atoms with Crippen molar-refractivity contribution >= 4 is 29.2 Å². The molecule has 4 atom stereocenters. The van der Waals surface area contributed by atoms with Gasteiger partial charge in [0.05, 0.1) is 11.8 Å². The van der Waals surface area contributed by atoms with Crippen molar-refractivity contribution in [3.8, 4) is 0 Å². The van der Waals surface area contributed by atoms with E-state index < -0.39 is 17.8 Å². The van der Waals surface area contributed by atoms with Gasteiger partial charge in [-0.05, 0) is 38.1 Å². The summed E-state index contributed by atoms with van der Waals surface area (Å²) in [6.07, 6.45) is 3.90.